The molecule has 0 amide bonds. The molecule has 0 spiro atoms. The van der Waals surface area contributed by atoms with Gasteiger partial charge in [-0.15, -0.1) is 0 Å². The topological polar surface area (TPSA) is 147 Å². The number of ether oxygens (including phenoxy) is 1. The molecule has 0 aromatic rings. The van der Waals surface area contributed by atoms with Crippen LogP contribution in [0.25, 0.3) is 0 Å². The fourth-order valence-corrected chi connectivity index (χ4v) is 1.95. The fourth-order valence-electron chi connectivity index (χ4n) is 1.27. The average molecular weight is 243 g/mol. The van der Waals surface area contributed by atoms with E-state index in [4.69, 9.17) is 15.3 Å². The molecule has 1 aliphatic rings. The average Bonchev–Trinajstić information content (AvgIpc) is 2.08. The minimum absolute atomic E-state index is 1.09. The van der Waals surface area contributed by atoms with E-state index in [1.807, 2.05) is 0 Å². The third-order valence-corrected chi connectivity index (χ3v) is 2.79. The Morgan fingerprint density at radius 3 is 2.07 bits per heavy atom. The Kier molecular flexibility index (Phi) is 3.66. The van der Waals surface area contributed by atoms with Crippen LogP contribution in [0.5, 0.6) is 0 Å². The molecule has 5 atom stereocenters. The number of hydrogen-bond donors (Lipinski definition) is 4. The normalized spacial score (nSPS) is 42.9. The van der Waals surface area contributed by atoms with Crippen molar-refractivity contribution in [3.05, 3.63) is 0 Å². The van der Waals surface area contributed by atoms with Gasteiger partial charge in [0.05, 0.1) is 15.9 Å². The van der Waals surface area contributed by atoms with Crippen molar-refractivity contribution in [3.8, 4) is 0 Å². The van der Waals surface area contributed by atoms with Crippen molar-refractivity contribution >= 4 is 10.1 Å². The van der Waals surface area contributed by atoms with Crippen LogP contribution < -0.4 is 0 Å². The van der Waals surface area contributed by atoms with Crippen LogP contribution in [0.3, 0.4) is 0 Å². The first kappa shape index (κ1) is 12.8. The van der Waals surface area contributed by atoms with Crippen LogP contribution in [0.15, 0.2) is 0 Å². The van der Waals surface area contributed by atoms with E-state index in [1.165, 1.54) is 0 Å². The summed E-state index contributed by atoms with van der Waals surface area (Å²) in [5.41, 5.74) is 0. The van der Waals surface area contributed by atoms with Gasteiger partial charge in [-0.2, -0.15) is 0 Å². The van der Waals surface area contributed by atoms with E-state index in [-0.39, 0.29) is 0 Å². The number of rotatable bonds is 2. The van der Waals surface area contributed by atoms with Gasteiger partial charge in [0.1, 0.15) is 24.4 Å². The second-order valence-corrected chi connectivity index (χ2v) is 4.71. The number of aliphatic hydroxyl groups excluding tert-OH is 4. The van der Waals surface area contributed by atoms with Gasteiger partial charge in [-0.05, 0) is 0 Å². The molecule has 4 N–H and O–H groups in total. The fraction of sp³-hybridized carbons (Fsp3) is 1.00. The first-order valence-corrected chi connectivity index (χ1v) is 5.61. The summed E-state index contributed by atoms with van der Waals surface area (Å²) in [7, 11) is -4.66. The lowest BCUT2D eigenvalue weighted by atomic mass is 10.0. The third-order valence-electron chi connectivity index (χ3n) is 2.06. The van der Waals surface area contributed by atoms with E-state index >= 15 is 0 Å². The van der Waals surface area contributed by atoms with Gasteiger partial charge >= 0.3 is 0 Å². The van der Waals surface area contributed by atoms with Crippen molar-refractivity contribution in [1.82, 2.24) is 0 Å². The third kappa shape index (κ3) is 3.08. The molecule has 1 aliphatic heterocycles. The number of hydrogen-bond acceptors (Lipinski definition) is 8. The number of aliphatic hydroxyl groups is 4. The predicted octanol–water partition coefficient (Wildman–Crippen LogP) is -3.67. The van der Waals surface area contributed by atoms with Gasteiger partial charge in [0.2, 0.25) is 0 Å². The predicted molar refractivity (Wildman–Crippen MR) is 43.5 cm³/mol. The molecule has 0 aromatic heterocycles. The molecular weight excluding hydrogens is 232 g/mol. The van der Waals surface area contributed by atoms with Crippen LogP contribution in [0, 0.1) is 0 Å². The highest BCUT2D eigenvalue weighted by Gasteiger charge is 2.43. The SMILES string of the molecule is O=S(=O)([O-])C[C@H]1O[C@H](O)[C@H](O)[C@@H](O)[C@@H]1O. The van der Waals surface area contributed by atoms with Crippen LogP contribution in [0.1, 0.15) is 0 Å². The highest BCUT2D eigenvalue weighted by Crippen LogP contribution is 2.20. The summed E-state index contributed by atoms with van der Waals surface area (Å²) in [6.45, 7) is 0. The maximum absolute atomic E-state index is 10.4. The molecule has 1 saturated heterocycles. The molecule has 1 fully saturated rings. The smallest absolute Gasteiger partial charge is 0.183 e. The molecule has 0 saturated carbocycles. The summed E-state index contributed by atoms with van der Waals surface area (Å²) in [5.74, 6) is -1.09. The monoisotopic (exact) mass is 243 g/mol. The second-order valence-electron chi connectivity index (χ2n) is 3.26. The molecule has 0 aliphatic carbocycles. The Hall–Kier alpha value is -0.290. The minimum atomic E-state index is -4.66. The molecule has 90 valence electrons. The molecular formula is C6H11O8S-. The molecule has 0 aromatic carbocycles. The van der Waals surface area contributed by atoms with Crippen molar-refractivity contribution < 1.29 is 38.1 Å². The van der Waals surface area contributed by atoms with Crippen LogP contribution >= 0.6 is 0 Å². The van der Waals surface area contributed by atoms with Crippen molar-refractivity contribution in [1.29, 1.82) is 0 Å². The van der Waals surface area contributed by atoms with Crippen molar-refractivity contribution in [2.75, 3.05) is 5.75 Å². The van der Waals surface area contributed by atoms with Crippen LogP contribution in [0.4, 0.5) is 0 Å². The molecule has 0 bridgehead atoms. The summed E-state index contributed by atoms with van der Waals surface area (Å²) >= 11 is 0. The van der Waals surface area contributed by atoms with Gasteiger partial charge in [-0.25, -0.2) is 8.42 Å². The summed E-state index contributed by atoms with van der Waals surface area (Å²) in [4.78, 5) is 0. The second kappa shape index (κ2) is 4.29. The minimum Gasteiger partial charge on any atom is -0.748 e. The van der Waals surface area contributed by atoms with Crippen molar-refractivity contribution in [2.45, 2.75) is 30.7 Å². The molecule has 15 heavy (non-hydrogen) atoms. The Morgan fingerprint density at radius 2 is 1.60 bits per heavy atom. The highest BCUT2D eigenvalue weighted by atomic mass is 32.2. The largest absolute Gasteiger partial charge is 0.748 e. The van der Waals surface area contributed by atoms with Gasteiger partial charge in [-0.3, -0.25) is 0 Å². The maximum atomic E-state index is 10.4. The zero-order valence-corrected chi connectivity index (χ0v) is 8.24. The van der Waals surface area contributed by atoms with E-state index in [0.29, 0.717) is 0 Å². The Morgan fingerprint density at radius 1 is 1.07 bits per heavy atom. The quantitative estimate of drug-likeness (QED) is 0.363. The van der Waals surface area contributed by atoms with Crippen molar-refractivity contribution in [3.63, 3.8) is 0 Å². The lowest BCUT2D eigenvalue weighted by molar-refractivity contribution is -0.276. The summed E-state index contributed by atoms with van der Waals surface area (Å²) in [5, 5.41) is 36.4. The summed E-state index contributed by atoms with van der Waals surface area (Å²) in [6.07, 6.45) is -8.64. The molecule has 0 radical (unpaired) electrons. The molecule has 8 nitrogen and oxygen atoms in total. The maximum Gasteiger partial charge on any atom is 0.183 e. The summed E-state index contributed by atoms with van der Waals surface area (Å²) < 4.78 is 35.6. The van der Waals surface area contributed by atoms with E-state index in [1.54, 1.807) is 0 Å². The van der Waals surface area contributed by atoms with Gasteiger partial charge < -0.3 is 29.7 Å². The van der Waals surface area contributed by atoms with E-state index < -0.39 is 46.6 Å². The standard InChI is InChI=1S/C6H12O8S/c7-3-2(1-15(11,12)13)14-6(10)5(9)4(3)8/h2-10H,1H2,(H,11,12,13)/p-1/t2-,3-,4+,5-,6+/m1/s1. The van der Waals surface area contributed by atoms with Crippen LogP contribution in [-0.4, -0.2) is 69.9 Å². The Labute approximate surface area is 85.5 Å². The zero-order chi connectivity index (χ0) is 11.8. The Bertz CT molecular complexity index is 313. The van der Waals surface area contributed by atoms with Gasteiger partial charge in [-0.1, -0.05) is 0 Å². The van der Waals surface area contributed by atoms with E-state index in [0.717, 1.165) is 0 Å². The first-order valence-electron chi connectivity index (χ1n) is 4.03. The van der Waals surface area contributed by atoms with Gasteiger partial charge in [0.15, 0.2) is 6.29 Å². The van der Waals surface area contributed by atoms with Gasteiger partial charge in [0, 0.05) is 0 Å². The molecule has 0 unspecified atom stereocenters. The molecule has 1 rings (SSSR count). The van der Waals surface area contributed by atoms with Crippen LogP contribution in [-0.2, 0) is 14.9 Å². The lowest BCUT2D eigenvalue weighted by Crippen LogP contribution is -2.59. The summed E-state index contributed by atoms with van der Waals surface area (Å²) in [6, 6.07) is 0. The first-order chi connectivity index (χ1) is 6.72. The van der Waals surface area contributed by atoms with Crippen LogP contribution in [0.2, 0.25) is 0 Å². The zero-order valence-electron chi connectivity index (χ0n) is 7.42. The van der Waals surface area contributed by atoms with E-state index in [2.05, 4.69) is 4.74 Å². The molecule has 9 heteroatoms. The highest BCUT2D eigenvalue weighted by molar-refractivity contribution is 7.85. The molecule has 1 heterocycles. The lowest BCUT2D eigenvalue weighted by Gasteiger charge is -2.38. The Balaban J connectivity index is 2.75. The van der Waals surface area contributed by atoms with E-state index in [9.17, 15) is 18.1 Å². The van der Waals surface area contributed by atoms with Crippen molar-refractivity contribution in [2.24, 2.45) is 0 Å². The van der Waals surface area contributed by atoms with Gasteiger partial charge in [0.25, 0.3) is 0 Å².